The van der Waals surface area contributed by atoms with E-state index in [-0.39, 0.29) is 17.4 Å². The molecule has 0 saturated carbocycles. The lowest BCUT2D eigenvalue weighted by Crippen LogP contribution is -2.01. The molecule has 0 aliphatic heterocycles. The van der Waals surface area contributed by atoms with E-state index in [1.165, 1.54) is 6.33 Å². The molecule has 2 N–H and O–H groups in total. The van der Waals surface area contributed by atoms with Crippen LogP contribution in [-0.2, 0) is 0 Å². The summed E-state index contributed by atoms with van der Waals surface area (Å²) in [6, 6.07) is 12.5. The summed E-state index contributed by atoms with van der Waals surface area (Å²) >= 11 is 6.02. The van der Waals surface area contributed by atoms with Gasteiger partial charge >= 0.3 is 0 Å². The van der Waals surface area contributed by atoms with Gasteiger partial charge in [0.1, 0.15) is 12.1 Å². The number of nitrogens with two attached hydrogens (primary N) is 1. The predicted molar refractivity (Wildman–Crippen MR) is 95.8 cm³/mol. The minimum Gasteiger partial charge on any atom is -0.493 e. The van der Waals surface area contributed by atoms with Crippen molar-refractivity contribution in [2.24, 2.45) is 0 Å². The predicted octanol–water partition coefficient (Wildman–Crippen LogP) is 4.61. The number of halogens is 1. The lowest BCUT2D eigenvalue weighted by molar-refractivity contribution is 0.373. The maximum absolute atomic E-state index is 6.10. The van der Waals surface area contributed by atoms with Gasteiger partial charge in [0.15, 0.2) is 17.2 Å². The quantitative estimate of drug-likeness (QED) is 0.718. The summed E-state index contributed by atoms with van der Waals surface area (Å²) in [5.74, 6) is 2.00. The summed E-state index contributed by atoms with van der Waals surface area (Å²) in [5.41, 5.74) is 7.16. The number of nitrogens with zero attached hydrogens (tertiary/aromatic N) is 2. The summed E-state index contributed by atoms with van der Waals surface area (Å²) in [5, 5.41) is 0.656. The maximum atomic E-state index is 6.10. The summed E-state index contributed by atoms with van der Waals surface area (Å²) in [6.07, 6.45) is 1.32. The molecule has 1 heterocycles. The molecule has 128 valence electrons. The largest absolute Gasteiger partial charge is 0.493 e. The van der Waals surface area contributed by atoms with Crippen LogP contribution in [0.15, 0.2) is 48.8 Å². The number of hydrogen-bond acceptors (Lipinski definition) is 6. The van der Waals surface area contributed by atoms with Crippen molar-refractivity contribution in [2.75, 3.05) is 12.8 Å². The van der Waals surface area contributed by atoms with E-state index in [4.69, 9.17) is 31.5 Å². The fourth-order valence-corrected chi connectivity index (χ4v) is 2.24. The van der Waals surface area contributed by atoms with Gasteiger partial charge in [-0.05, 0) is 42.8 Å². The van der Waals surface area contributed by atoms with Crippen molar-refractivity contribution in [3.63, 3.8) is 0 Å². The third-order valence-corrected chi connectivity index (χ3v) is 3.85. The number of rotatable bonds is 5. The van der Waals surface area contributed by atoms with Gasteiger partial charge in [-0.15, -0.1) is 0 Å². The first-order valence-corrected chi connectivity index (χ1v) is 7.81. The lowest BCUT2D eigenvalue weighted by atomic mass is 10.2. The Labute approximate surface area is 150 Å². The van der Waals surface area contributed by atoms with E-state index in [2.05, 4.69) is 9.97 Å². The molecule has 0 spiro atoms. The summed E-state index contributed by atoms with van der Waals surface area (Å²) < 4.78 is 16.7. The van der Waals surface area contributed by atoms with E-state index in [0.29, 0.717) is 22.3 Å². The van der Waals surface area contributed by atoms with Gasteiger partial charge in [-0.2, -0.15) is 9.97 Å². The van der Waals surface area contributed by atoms with E-state index in [9.17, 15) is 0 Å². The van der Waals surface area contributed by atoms with Gasteiger partial charge < -0.3 is 19.9 Å². The van der Waals surface area contributed by atoms with Gasteiger partial charge in [0.05, 0.1) is 7.11 Å². The van der Waals surface area contributed by atoms with E-state index in [1.807, 2.05) is 19.1 Å². The Bertz CT molecular complexity index is 902. The van der Waals surface area contributed by atoms with Gasteiger partial charge in [0.2, 0.25) is 11.8 Å². The number of aryl methyl sites for hydroxylation is 1. The van der Waals surface area contributed by atoms with Crippen LogP contribution in [0.1, 0.15) is 5.56 Å². The second-order valence-corrected chi connectivity index (χ2v) is 5.57. The molecule has 2 aromatic carbocycles. The smallest absolute Gasteiger partial charge is 0.250 e. The molecular formula is C18H16ClN3O3. The molecule has 3 rings (SSSR count). The van der Waals surface area contributed by atoms with Gasteiger partial charge in [0.25, 0.3) is 0 Å². The molecule has 6 nitrogen and oxygen atoms in total. The van der Waals surface area contributed by atoms with Gasteiger partial charge in [-0.25, -0.2) is 0 Å². The average molecular weight is 358 g/mol. The highest BCUT2D eigenvalue weighted by Crippen LogP contribution is 2.36. The van der Waals surface area contributed by atoms with Crippen molar-refractivity contribution in [2.45, 2.75) is 6.92 Å². The maximum Gasteiger partial charge on any atom is 0.250 e. The second kappa shape index (κ2) is 7.27. The normalized spacial score (nSPS) is 10.4. The fourth-order valence-electron chi connectivity index (χ4n) is 2.13. The molecule has 0 radical (unpaired) electrons. The van der Waals surface area contributed by atoms with Crippen LogP contribution in [-0.4, -0.2) is 17.1 Å². The molecular weight excluding hydrogens is 342 g/mol. The number of hydrogen-bond donors (Lipinski definition) is 1. The van der Waals surface area contributed by atoms with Crippen LogP contribution in [0.2, 0.25) is 5.02 Å². The van der Waals surface area contributed by atoms with Crippen LogP contribution in [0.5, 0.6) is 29.0 Å². The highest BCUT2D eigenvalue weighted by molar-refractivity contribution is 6.31. The van der Waals surface area contributed by atoms with Crippen LogP contribution < -0.4 is 19.9 Å². The molecule has 25 heavy (non-hydrogen) atoms. The third kappa shape index (κ3) is 3.75. The first kappa shape index (κ1) is 16.9. The summed E-state index contributed by atoms with van der Waals surface area (Å²) in [7, 11) is 1.56. The van der Waals surface area contributed by atoms with Crippen LogP contribution >= 0.6 is 11.6 Å². The number of anilines is 1. The zero-order valence-electron chi connectivity index (χ0n) is 13.7. The Morgan fingerprint density at radius 3 is 2.32 bits per heavy atom. The van der Waals surface area contributed by atoms with Crippen molar-refractivity contribution in [1.29, 1.82) is 0 Å². The molecule has 7 heteroatoms. The molecule has 0 bridgehead atoms. The molecule has 0 amide bonds. The molecule has 0 fully saturated rings. The second-order valence-electron chi connectivity index (χ2n) is 5.16. The Morgan fingerprint density at radius 2 is 1.64 bits per heavy atom. The first-order valence-electron chi connectivity index (χ1n) is 7.44. The lowest BCUT2D eigenvalue weighted by Gasteiger charge is -2.13. The molecule has 0 aliphatic rings. The van der Waals surface area contributed by atoms with Crippen molar-refractivity contribution in [1.82, 2.24) is 9.97 Å². The first-order chi connectivity index (χ1) is 12.1. The van der Waals surface area contributed by atoms with E-state index in [1.54, 1.807) is 37.4 Å². The average Bonchev–Trinajstić information content (AvgIpc) is 2.62. The fraction of sp³-hybridized carbons (Fsp3) is 0.111. The van der Waals surface area contributed by atoms with Crippen molar-refractivity contribution in [3.8, 4) is 29.0 Å². The summed E-state index contributed by atoms with van der Waals surface area (Å²) in [6.45, 7) is 1.88. The van der Waals surface area contributed by atoms with E-state index >= 15 is 0 Å². The van der Waals surface area contributed by atoms with Gasteiger partial charge in [-0.1, -0.05) is 23.7 Å². The Balaban J connectivity index is 1.88. The van der Waals surface area contributed by atoms with Crippen LogP contribution in [0.3, 0.4) is 0 Å². The topological polar surface area (TPSA) is 79.5 Å². The number of benzene rings is 2. The Morgan fingerprint density at radius 1 is 0.960 bits per heavy atom. The van der Waals surface area contributed by atoms with Crippen molar-refractivity contribution < 1.29 is 14.2 Å². The third-order valence-electron chi connectivity index (χ3n) is 3.43. The standard InChI is InChI=1S/C18H16ClN3O3/c1-11-9-12(7-8-13(11)19)24-17-16(20)18(22-10-21-17)25-15-6-4-3-5-14(15)23-2/h3-10H,20H2,1-2H3. The van der Waals surface area contributed by atoms with Crippen LogP contribution in [0, 0.1) is 6.92 Å². The minimum absolute atomic E-state index is 0.181. The minimum atomic E-state index is 0.181. The number of aromatic nitrogens is 2. The molecule has 3 aromatic rings. The Hall–Kier alpha value is -2.99. The van der Waals surface area contributed by atoms with E-state index < -0.39 is 0 Å². The summed E-state index contributed by atoms with van der Waals surface area (Å²) in [4.78, 5) is 8.14. The molecule has 0 saturated heterocycles. The zero-order valence-corrected chi connectivity index (χ0v) is 14.4. The molecule has 0 unspecified atom stereocenters. The zero-order chi connectivity index (χ0) is 17.8. The van der Waals surface area contributed by atoms with Crippen molar-refractivity contribution >= 4 is 17.3 Å². The Kier molecular flexibility index (Phi) is 4.90. The number of nitrogen functional groups attached to an aromatic ring is 1. The SMILES string of the molecule is COc1ccccc1Oc1ncnc(Oc2ccc(Cl)c(C)c2)c1N. The monoisotopic (exact) mass is 357 g/mol. The van der Waals surface area contributed by atoms with Crippen LogP contribution in [0.4, 0.5) is 5.69 Å². The van der Waals surface area contributed by atoms with Crippen molar-refractivity contribution in [3.05, 3.63) is 59.4 Å². The van der Waals surface area contributed by atoms with Gasteiger partial charge in [0, 0.05) is 5.02 Å². The van der Waals surface area contributed by atoms with Crippen LogP contribution in [0.25, 0.3) is 0 Å². The molecule has 0 aliphatic carbocycles. The molecule has 1 aromatic heterocycles. The van der Waals surface area contributed by atoms with Gasteiger partial charge in [-0.3, -0.25) is 0 Å². The highest BCUT2D eigenvalue weighted by Gasteiger charge is 2.14. The number of methoxy groups -OCH3 is 1. The molecule has 0 atom stereocenters. The highest BCUT2D eigenvalue weighted by atomic mass is 35.5. The van der Waals surface area contributed by atoms with E-state index in [0.717, 1.165) is 5.56 Å². The number of ether oxygens (including phenoxy) is 3. The number of para-hydroxylation sites is 2.